The summed E-state index contributed by atoms with van der Waals surface area (Å²) in [6, 6.07) is 0. The highest BCUT2D eigenvalue weighted by atomic mass is 17.2. The van der Waals surface area contributed by atoms with E-state index in [0.29, 0.717) is 19.4 Å². The first kappa shape index (κ1) is 49.3. The van der Waals surface area contributed by atoms with E-state index in [1.807, 2.05) is 0 Å². The van der Waals surface area contributed by atoms with E-state index < -0.39 is 11.9 Å². The Bertz CT molecular complexity index is 672. The van der Waals surface area contributed by atoms with Gasteiger partial charge in [-0.1, -0.05) is 214 Å². The SMILES string of the molecule is C=CC(=O)OCCCCCCCCCCCCCCCC.CCCCCCCCCCCC(=O)OOC(=O)CCCCCCCCCCC. The van der Waals surface area contributed by atoms with E-state index in [9.17, 15) is 14.4 Å². The summed E-state index contributed by atoms with van der Waals surface area (Å²) in [5, 5.41) is 0. The van der Waals surface area contributed by atoms with Crippen molar-refractivity contribution in [1.82, 2.24) is 0 Å². The molecule has 0 aromatic carbocycles. The van der Waals surface area contributed by atoms with Crippen molar-refractivity contribution < 1.29 is 28.9 Å². The summed E-state index contributed by atoms with van der Waals surface area (Å²) in [4.78, 5) is 43.2. The predicted molar refractivity (Wildman–Crippen MR) is 207 cm³/mol. The van der Waals surface area contributed by atoms with Gasteiger partial charge in [0.25, 0.3) is 0 Å². The molecule has 0 aliphatic heterocycles. The number of unbranched alkanes of at least 4 members (excludes halogenated alkanes) is 29. The van der Waals surface area contributed by atoms with Crippen molar-refractivity contribution in [2.24, 2.45) is 0 Å². The number of esters is 1. The van der Waals surface area contributed by atoms with Gasteiger partial charge in [0.1, 0.15) is 0 Å². The average Bonchev–Trinajstić information content (AvgIpc) is 3.11. The van der Waals surface area contributed by atoms with Crippen LogP contribution in [0.25, 0.3) is 0 Å². The van der Waals surface area contributed by atoms with Gasteiger partial charge < -0.3 is 4.74 Å². The number of ether oxygens (including phenoxy) is 1. The summed E-state index contributed by atoms with van der Waals surface area (Å²) in [7, 11) is 0. The number of carbonyl (C=O) groups excluding carboxylic acids is 3. The highest BCUT2D eigenvalue weighted by Crippen LogP contribution is 2.14. The number of hydrogen-bond acceptors (Lipinski definition) is 6. The summed E-state index contributed by atoms with van der Waals surface area (Å²) in [6.07, 6.45) is 42.4. The molecule has 0 heterocycles. The maximum absolute atomic E-state index is 11.6. The van der Waals surface area contributed by atoms with Crippen LogP contribution in [0.2, 0.25) is 0 Å². The second-order valence-electron chi connectivity index (χ2n) is 14.0. The van der Waals surface area contributed by atoms with E-state index in [1.165, 1.54) is 167 Å². The molecule has 0 aromatic heterocycles. The van der Waals surface area contributed by atoms with Crippen LogP contribution >= 0.6 is 0 Å². The Balaban J connectivity index is 0. The average molecular weight is 695 g/mol. The zero-order chi connectivity index (χ0) is 36.3. The van der Waals surface area contributed by atoms with Crippen LogP contribution in [0.3, 0.4) is 0 Å². The van der Waals surface area contributed by atoms with Crippen molar-refractivity contribution in [2.75, 3.05) is 6.61 Å². The zero-order valence-corrected chi connectivity index (χ0v) is 33.0. The van der Waals surface area contributed by atoms with Gasteiger partial charge in [-0.25, -0.2) is 24.2 Å². The molecule has 0 bridgehead atoms. The van der Waals surface area contributed by atoms with Gasteiger partial charge in [0.15, 0.2) is 0 Å². The molecule has 0 aromatic rings. The lowest BCUT2D eigenvalue weighted by molar-refractivity contribution is -0.259. The summed E-state index contributed by atoms with van der Waals surface area (Å²) in [5.41, 5.74) is 0. The Morgan fingerprint density at radius 2 is 0.633 bits per heavy atom. The number of rotatable bonds is 36. The third-order valence-corrected chi connectivity index (χ3v) is 9.11. The van der Waals surface area contributed by atoms with Gasteiger partial charge in [0, 0.05) is 6.08 Å². The Hall–Kier alpha value is -1.85. The van der Waals surface area contributed by atoms with Gasteiger partial charge in [-0.05, 0) is 19.3 Å². The maximum atomic E-state index is 11.6. The van der Waals surface area contributed by atoms with Gasteiger partial charge in [-0.15, -0.1) is 0 Å². The van der Waals surface area contributed by atoms with Gasteiger partial charge in [-0.2, -0.15) is 0 Å². The van der Waals surface area contributed by atoms with E-state index in [4.69, 9.17) is 4.74 Å². The lowest BCUT2D eigenvalue weighted by Crippen LogP contribution is -2.11. The number of hydrogen-bond donors (Lipinski definition) is 0. The van der Waals surface area contributed by atoms with Gasteiger partial charge in [-0.3, -0.25) is 0 Å². The normalized spacial score (nSPS) is 10.7. The van der Waals surface area contributed by atoms with Crippen LogP contribution in [0, 0.1) is 0 Å². The second-order valence-corrected chi connectivity index (χ2v) is 14.0. The molecular weight excluding hydrogens is 612 g/mol. The standard InChI is InChI=1S/C24H46O4.C19H36O2/c1-3-5-7-9-11-13-15-17-19-21-23(25)27-28-24(26)22-20-18-16-14-12-10-8-6-4-2;1-3-5-6-7-8-9-10-11-12-13-14-15-16-17-18-21-19(20)4-2/h3-22H2,1-2H3;4H,2-3,5-18H2,1H3. The predicted octanol–water partition coefficient (Wildman–Crippen LogP) is 14.0. The number of carbonyl (C=O) groups is 3. The lowest BCUT2D eigenvalue weighted by atomic mass is 10.0. The molecule has 0 amide bonds. The van der Waals surface area contributed by atoms with Crippen molar-refractivity contribution in [3.8, 4) is 0 Å². The van der Waals surface area contributed by atoms with E-state index >= 15 is 0 Å². The third kappa shape index (κ3) is 46.1. The zero-order valence-electron chi connectivity index (χ0n) is 33.0. The highest BCUT2D eigenvalue weighted by molar-refractivity contribution is 5.81. The van der Waals surface area contributed by atoms with Crippen molar-refractivity contribution in [3.05, 3.63) is 12.7 Å². The molecule has 0 aliphatic rings. The minimum Gasteiger partial charge on any atom is -0.463 e. The Kier molecular flexibility index (Phi) is 44.4. The van der Waals surface area contributed by atoms with Crippen LogP contribution in [0.4, 0.5) is 0 Å². The van der Waals surface area contributed by atoms with Crippen molar-refractivity contribution in [1.29, 1.82) is 0 Å². The van der Waals surface area contributed by atoms with Crippen LogP contribution in [0.1, 0.15) is 239 Å². The lowest BCUT2D eigenvalue weighted by Gasteiger charge is -2.04. The molecule has 0 aliphatic carbocycles. The van der Waals surface area contributed by atoms with Crippen molar-refractivity contribution in [3.63, 3.8) is 0 Å². The fraction of sp³-hybridized carbons (Fsp3) is 0.884. The maximum Gasteiger partial charge on any atom is 0.355 e. The van der Waals surface area contributed by atoms with Crippen LogP contribution in [0.5, 0.6) is 0 Å². The van der Waals surface area contributed by atoms with Gasteiger partial charge in [0.2, 0.25) is 0 Å². The molecule has 0 atom stereocenters. The molecule has 0 unspecified atom stereocenters. The largest absolute Gasteiger partial charge is 0.463 e. The van der Waals surface area contributed by atoms with Gasteiger partial charge in [0.05, 0.1) is 19.4 Å². The fourth-order valence-corrected chi connectivity index (χ4v) is 5.86. The summed E-state index contributed by atoms with van der Waals surface area (Å²) in [6.45, 7) is 10.7. The fourth-order valence-electron chi connectivity index (χ4n) is 5.86. The minimum atomic E-state index is -0.427. The molecule has 49 heavy (non-hydrogen) atoms. The van der Waals surface area contributed by atoms with Crippen LogP contribution in [-0.2, 0) is 28.9 Å². The molecule has 0 saturated carbocycles. The Morgan fingerprint density at radius 1 is 0.388 bits per heavy atom. The first-order valence-electron chi connectivity index (χ1n) is 21.2. The molecule has 0 saturated heterocycles. The van der Waals surface area contributed by atoms with Crippen LogP contribution in [0.15, 0.2) is 12.7 Å². The topological polar surface area (TPSA) is 78.9 Å². The quantitative estimate of drug-likeness (QED) is 0.0213. The molecule has 0 spiro atoms. The second kappa shape index (κ2) is 44.2. The summed E-state index contributed by atoms with van der Waals surface area (Å²) < 4.78 is 4.94. The van der Waals surface area contributed by atoms with E-state index in [1.54, 1.807) is 0 Å². The molecule has 0 N–H and O–H groups in total. The van der Waals surface area contributed by atoms with Crippen molar-refractivity contribution >= 4 is 17.9 Å². The van der Waals surface area contributed by atoms with E-state index in [2.05, 4.69) is 37.1 Å². The van der Waals surface area contributed by atoms with Crippen molar-refractivity contribution in [2.45, 2.75) is 239 Å². The van der Waals surface area contributed by atoms with E-state index in [0.717, 1.165) is 44.9 Å². The molecule has 290 valence electrons. The summed E-state index contributed by atoms with van der Waals surface area (Å²) in [5.74, 6) is -1.16. The summed E-state index contributed by atoms with van der Waals surface area (Å²) >= 11 is 0. The smallest absolute Gasteiger partial charge is 0.355 e. The van der Waals surface area contributed by atoms with E-state index in [-0.39, 0.29) is 5.97 Å². The molecular formula is C43H82O6. The Labute approximate surface area is 304 Å². The Morgan fingerprint density at radius 3 is 0.898 bits per heavy atom. The monoisotopic (exact) mass is 695 g/mol. The van der Waals surface area contributed by atoms with Crippen LogP contribution < -0.4 is 0 Å². The highest BCUT2D eigenvalue weighted by Gasteiger charge is 2.09. The minimum absolute atomic E-state index is 0.301. The van der Waals surface area contributed by atoms with Gasteiger partial charge >= 0.3 is 17.9 Å². The molecule has 6 nitrogen and oxygen atoms in total. The first-order valence-corrected chi connectivity index (χ1v) is 21.2. The van der Waals surface area contributed by atoms with Crippen LogP contribution in [-0.4, -0.2) is 24.5 Å². The first-order chi connectivity index (χ1) is 24.0. The molecule has 0 radical (unpaired) electrons. The third-order valence-electron chi connectivity index (χ3n) is 9.11. The molecule has 0 fully saturated rings. The molecule has 0 rings (SSSR count). The molecule has 6 heteroatoms.